The van der Waals surface area contributed by atoms with Crippen molar-refractivity contribution in [2.45, 2.75) is 26.2 Å². The van der Waals surface area contributed by atoms with Crippen LogP contribution < -0.4 is 0 Å². The van der Waals surface area contributed by atoms with Crippen molar-refractivity contribution in [2.24, 2.45) is 0 Å². The zero-order valence-electron chi connectivity index (χ0n) is 13.9. The van der Waals surface area contributed by atoms with Crippen molar-refractivity contribution in [3.8, 4) is 11.5 Å². The number of aryl methyl sites for hydroxylation is 1. The highest BCUT2D eigenvalue weighted by atomic mass is 35.5. The highest BCUT2D eigenvalue weighted by molar-refractivity contribution is 6.30. The summed E-state index contributed by atoms with van der Waals surface area (Å²) in [5.74, 6) is -0.0966. The molecule has 2 heterocycles. The molecule has 0 spiro atoms. The van der Waals surface area contributed by atoms with E-state index in [0.29, 0.717) is 33.9 Å². The number of oxazole rings is 1. The molecule has 0 atom stereocenters. The lowest BCUT2D eigenvalue weighted by atomic mass is 10.2. The molecule has 8 nitrogen and oxygen atoms in total. The van der Waals surface area contributed by atoms with Gasteiger partial charge in [-0.05, 0) is 31.2 Å². The summed E-state index contributed by atoms with van der Waals surface area (Å²) in [5, 5.41) is 1.04. The topological polar surface area (TPSA) is 98.9 Å². The number of hydrogen-bond donors (Lipinski definition) is 0. The summed E-state index contributed by atoms with van der Waals surface area (Å²) in [6.07, 6.45) is -0.775. The van der Waals surface area contributed by atoms with E-state index in [-0.39, 0.29) is 19.4 Å². The SMILES string of the molecule is Cc1oc(-c2ccc(Cl)cc2)nc1CCOC(=O)ON1C(=O)CCC1=O. The Kier molecular flexibility index (Phi) is 5.22. The first-order valence-corrected chi connectivity index (χ1v) is 8.24. The molecule has 2 amide bonds. The predicted octanol–water partition coefficient (Wildman–Crippen LogP) is 3.06. The van der Waals surface area contributed by atoms with Crippen LogP contribution in [0, 0.1) is 6.92 Å². The van der Waals surface area contributed by atoms with Crippen molar-refractivity contribution in [1.29, 1.82) is 0 Å². The third-order valence-corrected chi connectivity index (χ3v) is 3.97. The van der Waals surface area contributed by atoms with Crippen LogP contribution in [-0.2, 0) is 25.6 Å². The second kappa shape index (κ2) is 7.57. The molecule has 9 heteroatoms. The van der Waals surface area contributed by atoms with E-state index < -0.39 is 18.0 Å². The van der Waals surface area contributed by atoms with E-state index in [9.17, 15) is 14.4 Å². The van der Waals surface area contributed by atoms with Gasteiger partial charge >= 0.3 is 6.16 Å². The fourth-order valence-corrected chi connectivity index (χ4v) is 2.49. The quantitative estimate of drug-likeness (QED) is 0.582. The normalized spacial score (nSPS) is 14.0. The van der Waals surface area contributed by atoms with Crippen LogP contribution in [0.25, 0.3) is 11.5 Å². The molecule has 0 saturated carbocycles. The molecule has 1 aliphatic heterocycles. The van der Waals surface area contributed by atoms with E-state index in [1.807, 2.05) is 0 Å². The highest BCUT2D eigenvalue weighted by Crippen LogP contribution is 2.23. The van der Waals surface area contributed by atoms with Crippen molar-refractivity contribution in [1.82, 2.24) is 10.0 Å². The van der Waals surface area contributed by atoms with Crippen LogP contribution in [0.4, 0.5) is 4.79 Å². The predicted molar refractivity (Wildman–Crippen MR) is 88.9 cm³/mol. The van der Waals surface area contributed by atoms with Gasteiger partial charge in [-0.1, -0.05) is 16.7 Å². The average molecular weight is 379 g/mol. The maximum atomic E-state index is 11.6. The van der Waals surface area contributed by atoms with Gasteiger partial charge in [0.05, 0.1) is 5.69 Å². The zero-order valence-corrected chi connectivity index (χ0v) is 14.6. The first-order chi connectivity index (χ1) is 12.4. The molecule has 136 valence electrons. The summed E-state index contributed by atoms with van der Waals surface area (Å²) in [7, 11) is 0. The number of nitrogens with zero attached hydrogens (tertiary/aromatic N) is 2. The largest absolute Gasteiger partial charge is 0.533 e. The Morgan fingerprint density at radius 3 is 2.54 bits per heavy atom. The third kappa shape index (κ3) is 4.02. The van der Waals surface area contributed by atoms with Crippen molar-refractivity contribution in [3.05, 3.63) is 40.7 Å². The van der Waals surface area contributed by atoms with Gasteiger partial charge in [0.15, 0.2) is 0 Å². The van der Waals surface area contributed by atoms with Crippen molar-refractivity contribution in [3.63, 3.8) is 0 Å². The first kappa shape index (κ1) is 17.9. The van der Waals surface area contributed by atoms with Gasteiger partial charge in [0, 0.05) is 29.8 Å². The van der Waals surface area contributed by atoms with Crippen molar-refractivity contribution in [2.75, 3.05) is 6.61 Å². The monoisotopic (exact) mass is 378 g/mol. The molecule has 1 aliphatic rings. The summed E-state index contributed by atoms with van der Waals surface area (Å²) in [5.41, 5.74) is 1.39. The second-order valence-corrected chi connectivity index (χ2v) is 5.99. The Hall–Kier alpha value is -2.87. The molecule has 0 aliphatic carbocycles. The summed E-state index contributed by atoms with van der Waals surface area (Å²) < 4.78 is 10.5. The van der Waals surface area contributed by atoms with Gasteiger partial charge in [0.25, 0.3) is 11.8 Å². The van der Waals surface area contributed by atoms with E-state index in [0.717, 1.165) is 5.56 Å². The van der Waals surface area contributed by atoms with Gasteiger partial charge in [-0.15, -0.1) is 0 Å². The van der Waals surface area contributed by atoms with E-state index in [1.165, 1.54) is 0 Å². The lowest BCUT2D eigenvalue weighted by molar-refractivity contribution is -0.177. The molecule has 0 N–H and O–H groups in total. The number of carbonyl (C=O) groups excluding carboxylic acids is 3. The Labute approximate surface area is 153 Å². The van der Waals surface area contributed by atoms with Gasteiger partial charge in [0.1, 0.15) is 12.4 Å². The lowest BCUT2D eigenvalue weighted by Crippen LogP contribution is -2.32. The van der Waals surface area contributed by atoms with Crippen LogP contribution in [0.2, 0.25) is 5.02 Å². The van der Waals surface area contributed by atoms with Gasteiger partial charge in [-0.2, -0.15) is 0 Å². The van der Waals surface area contributed by atoms with E-state index in [1.54, 1.807) is 31.2 Å². The molecule has 2 aromatic rings. The van der Waals surface area contributed by atoms with Gasteiger partial charge in [-0.3, -0.25) is 14.4 Å². The number of rotatable bonds is 5. The molecular weight excluding hydrogens is 364 g/mol. The molecular formula is C17H15ClN2O6. The summed E-state index contributed by atoms with van der Waals surface area (Å²) in [6.45, 7) is 1.71. The molecule has 1 aromatic heterocycles. The Morgan fingerprint density at radius 1 is 1.23 bits per heavy atom. The smallest absolute Gasteiger partial charge is 0.441 e. The summed E-state index contributed by atoms with van der Waals surface area (Å²) in [6, 6.07) is 7.04. The van der Waals surface area contributed by atoms with Crippen LogP contribution in [0.1, 0.15) is 24.3 Å². The van der Waals surface area contributed by atoms with Gasteiger partial charge in [0.2, 0.25) is 5.89 Å². The zero-order chi connectivity index (χ0) is 18.7. The minimum absolute atomic E-state index is 0.0255. The number of halogens is 1. The number of aromatic nitrogens is 1. The molecule has 1 saturated heterocycles. The Morgan fingerprint density at radius 2 is 1.88 bits per heavy atom. The Bertz CT molecular complexity index is 829. The van der Waals surface area contributed by atoms with Crippen LogP contribution in [0.15, 0.2) is 28.7 Å². The van der Waals surface area contributed by atoms with Crippen LogP contribution in [0.3, 0.4) is 0 Å². The van der Waals surface area contributed by atoms with Crippen LogP contribution in [-0.4, -0.2) is 34.6 Å². The minimum Gasteiger partial charge on any atom is -0.441 e. The maximum absolute atomic E-state index is 11.6. The molecule has 0 bridgehead atoms. The summed E-state index contributed by atoms with van der Waals surface area (Å²) >= 11 is 5.86. The lowest BCUT2D eigenvalue weighted by Gasteiger charge is -2.12. The average Bonchev–Trinajstić information content (AvgIpc) is 3.13. The van der Waals surface area contributed by atoms with Crippen molar-refractivity contribution >= 4 is 29.6 Å². The number of hydrogen-bond acceptors (Lipinski definition) is 7. The molecule has 0 radical (unpaired) electrons. The number of hydroxylamine groups is 2. The molecule has 0 unspecified atom stereocenters. The van der Waals surface area contributed by atoms with Crippen LogP contribution in [0.5, 0.6) is 0 Å². The fraction of sp³-hybridized carbons (Fsp3) is 0.294. The highest BCUT2D eigenvalue weighted by Gasteiger charge is 2.33. The molecule has 26 heavy (non-hydrogen) atoms. The standard InChI is InChI=1S/C17H15ClN2O6/c1-10-13(19-16(25-10)11-2-4-12(18)5-3-11)8-9-24-17(23)26-20-14(21)6-7-15(20)22/h2-5H,6-9H2,1H3. The van der Waals surface area contributed by atoms with E-state index in [2.05, 4.69) is 9.82 Å². The Balaban J connectivity index is 1.53. The van der Waals surface area contributed by atoms with Crippen LogP contribution >= 0.6 is 11.6 Å². The minimum atomic E-state index is -1.12. The summed E-state index contributed by atoms with van der Waals surface area (Å²) in [4.78, 5) is 43.3. The second-order valence-electron chi connectivity index (χ2n) is 5.55. The number of carbonyl (C=O) groups is 3. The molecule has 1 aromatic carbocycles. The maximum Gasteiger partial charge on any atom is 0.533 e. The van der Waals surface area contributed by atoms with E-state index in [4.69, 9.17) is 20.8 Å². The third-order valence-electron chi connectivity index (χ3n) is 3.71. The molecule has 1 fully saturated rings. The van der Waals surface area contributed by atoms with Crippen molar-refractivity contribution < 1.29 is 28.4 Å². The molecule has 3 rings (SSSR count). The van der Waals surface area contributed by atoms with E-state index >= 15 is 0 Å². The fourth-order valence-electron chi connectivity index (χ4n) is 2.37. The number of amides is 2. The van der Waals surface area contributed by atoms with Gasteiger partial charge in [-0.25, -0.2) is 9.78 Å². The van der Waals surface area contributed by atoms with Gasteiger partial charge < -0.3 is 9.15 Å². The number of imide groups is 1. The number of ether oxygens (including phenoxy) is 1. The number of benzene rings is 1. The first-order valence-electron chi connectivity index (χ1n) is 7.87.